The molecule has 240 valence electrons. The molecule has 0 bridgehead atoms. The molecule has 1 nitrogen and oxygen atoms in total. The Morgan fingerprint density at radius 3 is 1.41 bits per heavy atom. The molecule has 0 saturated carbocycles. The molecule has 7 aromatic rings. The molecule has 0 spiro atoms. The standard InChI is InChI=1S/C38H29BO.C7H8.C2H6/c1-25-8-6-7-11-33(25)34-19-14-28(22-26(34)2)30-16-21-38-36(24-30)35-23-29(27-12-17-32(40)18-13-27)15-20-37(35)39(38)31-9-4-3-5-10-31;1-7-5-3-2-4-6-7;1-2/h3-24,40H,1-2H3;2-6H,1H3;1-2H3. The van der Waals surface area contributed by atoms with E-state index in [0.717, 1.165) is 11.1 Å². The Morgan fingerprint density at radius 2 is 0.857 bits per heavy atom. The number of fused-ring (bicyclic) bond motifs is 3. The maximum Gasteiger partial charge on any atom is 0.242 e. The second kappa shape index (κ2) is 15.1. The Kier molecular flexibility index (Phi) is 10.3. The highest BCUT2D eigenvalue weighted by Gasteiger charge is 2.33. The number of rotatable bonds is 4. The Bertz CT molecular complexity index is 2170. The summed E-state index contributed by atoms with van der Waals surface area (Å²) < 4.78 is 0. The molecule has 0 fully saturated rings. The van der Waals surface area contributed by atoms with Crippen LogP contribution in [-0.4, -0.2) is 11.8 Å². The summed E-state index contributed by atoms with van der Waals surface area (Å²) in [5.74, 6) is 0.285. The van der Waals surface area contributed by atoms with Crippen LogP contribution in [0.3, 0.4) is 0 Å². The fourth-order valence-corrected chi connectivity index (χ4v) is 6.82. The summed E-state index contributed by atoms with van der Waals surface area (Å²) in [5.41, 5.74) is 17.8. The van der Waals surface area contributed by atoms with Gasteiger partial charge in [-0.05, 0) is 101 Å². The van der Waals surface area contributed by atoms with Gasteiger partial charge in [0.25, 0.3) is 0 Å². The van der Waals surface area contributed by atoms with Crippen LogP contribution in [0.2, 0.25) is 0 Å². The highest BCUT2D eigenvalue weighted by Crippen LogP contribution is 2.34. The van der Waals surface area contributed by atoms with Crippen LogP contribution in [0.5, 0.6) is 5.75 Å². The average molecular weight is 635 g/mol. The third-order valence-corrected chi connectivity index (χ3v) is 9.29. The van der Waals surface area contributed by atoms with Crippen LogP contribution in [0, 0.1) is 20.8 Å². The largest absolute Gasteiger partial charge is 0.508 e. The Hall–Kier alpha value is -5.60. The summed E-state index contributed by atoms with van der Waals surface area (Å²) in [7, 11) is 0. The first-order valence-corrected chi connectivity index (χ1v) is 17.3. The molecule has 1 N–H and O–H groups in total. The monoisotopic (exact) mass is 634 g/mol. The van der Waals surface area contributed by atoms with Gasteiger partial charge < -0.3 is 5.11 Å². The Morgan fingerprint density at radius 1 is 0.388 bits per heavy atom. The van der Waals surface area contributed by atoms with Crippen molar-refractivity contribution in [3.63, 3.8) is 0 Å². The fraction of sp³-hybridized carbons (Fsp3) is 0.106. The predicted molar refractivity (Wildman–Crippen MR) is 213 cm³/mol. The van der Waals surface area contributed by atoms with Crippen molar-refractivity contribution in [3.05, 3.63) is 180 Å². The molecule has 1 aliphatic rings. The molecule has 1 aliphatic heterocycles. The van der Waals surface area contributed by atoms with E-state index in [1.165, 1.54) is 66.5 Å². The lowest BCUT2D eigenvalue weighted by atomic mass is 9.39. The lowest BCUT2D eigenvalue weighted by Gasteiger charge is -2.13. The van der Waals surface area contributed by atoms with E-state index in [-0.39, 0.29) is 12.5 Å². The van der Waals surface area contributed by atoms with Gasteiger partial charge in [0, 0.05) is 0 Å². The molecule has 7 aromatic carbocycles. The molecular weight excluding hydrogens is 591 g/mol. The number of benzene rings is 7. The van der Waals surface area contributed by atoms with Crippen molar-refractivity contribution in [1.29, 1.82) is 0 Å². The number of aryl methyl sites for hydroxylation is 3. The van der Waals surface area contributed by atoms with E-state index in [1.807, 2.05) is 44.2 Å². The van der Waals surface area contributed by atoms with Gasteiger partial charge in [-0.15, -0.1) is 0 Å². The molecular formula is C47H43BO. The van der Waals surface area contributed by atoms with Gasteiger partial charge in [0.05, 0.1) is 0 Å². The summed E-state index contributed by atoms with van der Waals surface area (Å²) in [6.07, 6.45) is 0. The molecule has 1 heterocycles. The second-order valence-electron chi connectivity index (χ2n) is 12.5. The normalized spacial score (nSPS) is 11.0. The molecule has 49 heavy (non-hydrogen) atoms. The van der Waals surface area contributed by atoms with E-state index in [4.69, 9.17) is 0 Å². The van der Waals surface area contributed by atoms with E-state index in [2.05, 4.69) is 142 Å². The second-order valence-corrected chi connectivity index (χ2v) is 12.5. The number of hydrogen-bond acceptors (Lipinski definition) is 1. The van der Waals surface area contributed by atoms with E-state index < -0.39 is 0 Å². The minimum absolute atomic E-state index is 0.208. The zero-order valence-electron chi connectivity index (χ0n) is 29.1. The van der Waals surface area contributed by atoms with Crippen LogP contribution in [-0.2, 0) is 0 Å². The molecule has 2 heteroatoms. The van der Waals surface area contributed by atoms with Gasteiger partial charge in [-0.1, -0.05) is 175 Å². The van der Waals surface area contributed by atoms with Gasteiger partial charge in [-0.3, -0.25) is 0 Å². The molecule has 0 radical (unpaired) electrons. The van der Waals surface area contributed by atoms with Crippen LogP contribution in [0.25, 0.3) is 44.5 Å². The van der Waals surface area contributed by atoms with E-state index in [0.29, 0.717) is 0 Å². The van der Waals surface area contributed by atoms with Crippen LogP contribution in [0.15, 0.2) is 164 Å². The summed E-state index contributed by atoms with van der Waals surface area (Å²) in [6, 6.07) is 57.8. The Balaban J connectivity index is 0.000000409. The van der Waals surface area contributed by atoms with Gasteiger partial charge in [-0.2, -0.15) is 0 Å². The van der Waals surface area contributed by atoms with Gasteiger partial charge in [-0.25, -0.2) is 0 Å². The summed E-state index contributed by atoms with van der Waals surface area (Å²) in [5, 5.41) is 9.80. The predicted octanol–water partition coefficient (Wildman–Crippen LogP) is 10.5. The van der Waals surface area contributed by atoms with Crippen LogP contribution < -0.4 is 16.4 Å². The van der Waals surface area contributed by atoms with Crippen LogP contribution >= 0.6 is 0 Å². The lowest BCUT2D eigenvalue weighted by Crippen LogP contribution is -2.48. The minimum atomic E-state index is 0.208. The van der Waals surface area contributed by atoms with Crippen molar-refractivity contribution in [3.8, 4) is 50.3 Å². The zero-order valence-corrected chi connectivity index (χ0v) is 29.1. The number of phenolic OH excluding ortho intramolecular Hbond substituents is 1. The van der Waals surface area contributed by atoms with E-state index in [9.17, 15) is 5.11 Å². The Labute approximate surface area is 292 Å². The molecule has 0 aliphatic carbocycles. The van der Waals surface area contributed by atoms with Crippen LogP contribution in [0.4, 0.5) is 0 Å². The lowest BCUT2D eigenvalue weighted by molar-refractivity contribution is 0.475. The van der Waals surface area contributed by atoms with Crippen molar-refractivity contribution in [2.45, 2.75) is 34.6 Å². The van der Waals surface area contributed by atoms with Crippen molar-refractivity contribution in [2.24, 2.45) is 0 Å². The molecule has 0 unspecified atom stereocenters. The third kappa shape index (κ3) is 7.15. The maximum absolute atomic E-state index is 9.80. The average Bonchev–Trinajstić information content (AvgIpc) is 3.47. The molecule has 0 amide bonds. The van der Waals surface area contributed by atoms with Gasteiger partial charge >= 0.3 is 0 Å². The number of phenols is 1. The van der Waals surface area contributed by atoms with E-state index in [1.54, 1.807) is 12.1 Å². The SMILES string of the molecule is CC.Cc1ccccc1.Cc1ccccc1-c1ccc(-c2ccc3c(c2)-c2cc(-c4ccc(O)cc4)ccc2B3c2ccccc2)cc1C. The van der Waals surface area contributed by atoms with Crippen LogP contribution in [0.1, 0.15) is 30.5 Å². The third-order valence-electron chi connectivity index (χ3n) is 9.29. The fourth-order valence-electron chi connectivity index (χ4n) is 6.82. The maximum atomic E-state index is 9.80. The first-order valence-electron chi connectivity index (χ1n) is 17.3. The van der Waals surface area contributed by atoms with Crippen molar-refractivity contribution in [2.75, 3.05) is 0 Å². The highest BCUT2D eigenvalue weighted by molar-refractivity contribution is 6.99. The molecule has 0 atom stereocenters. The van der Waals surface area contributed by atoms with E-state index >= 15 is 0 Å². The van der Waals surface area contributed by atoms with Crippen molar-refractivity contribution < 1.29 is 5.11 Å². The molecule has 0 aromatic heterocycles. The smallest absolute Gasteiger partial charge is 0.242 e. The van der Waals surface area contributed by atoms with Crippen molar-refractivity contribution >= 4 is 23.1 Å². The van der Waals surface area contributed by atoms with Gasteiger partial charge in [0.1, 0.15) is 5.75 Å². The molecule has 8 rings (SSSR count). The first-order chi connectivity index (χ1) is 24.0. The van der Waals surface area contributed by atoms with Gasteiger partial charge in [0.2, 0.25) is 6.71 Å². The first kappa shape index (κ1) is 33.3. The minimum Gasteiger partial charge on any atom is -0.508 e. The summed E-state index contributed by atoms with van der Waals surface area (Å²) in [6.45, 7) is 10.7. The molecule has 0 saturated heterocycles. The van der Waals surface area contributed by atoms with Crippen molar-refractivity contribution in [1.82, 2.24) is 0 Å². The summed E-state index contributed by atoms with van der Waals surface area (Å²) >= 11 is 0. The quantitative estimate of drug-likeness (QED) is 0.191. The number of aromatic hydroxyl groups is 1. The highest BCUT2D eigenvalue weighted by atomic mass is 16.3. The summed E-state index contributed by atoms with van der Waals surface area (Å²) in [4.78, 5) is 0. The topological polar surface area (TPSA) is 20.2 Å². The number of hydrogen-bond donors (Lipinski definition) is 1. The van der Waals surface area contributed by atoms with Gasteiger partial charge in [0.15, 0.2) is 0 Å². The zero-order chi connectivity index (χ0) is 34.3.